The summed E-state index contributed by atoms with van der Waals surface area (Å²) in [6.45, 7) is 11.2. The van der Waals surface area contributed by atoms with Crippen LogP contribution in [0, 0.1) is 11.8 Å². The highest BCUT2D eigenvalue weighted by Crippen LogP contribution is 2.34. The topological polar surface area (TPSA) is 157 Å². The predicted octanol–water partition coefficient (Wildman–Crippen LogP) is 4.92. The van der Waals surface area contributed by atoms with Gasteiger partial charge in [-0.05, 0) is 79.9 Å². The van der Waals surface area contributed by atoms with E-state index < -0.39 is 6.10 Å². The van der Waals surface area contributed by atoms with Gasteiger partial charge in [-0.2, -0.15) is 0 Å². The van der Waals surface area contributed by atoms with Crippen molar-refractivity contribution < 1.29 is 34.1 Å². The monoisotopic (exact) mass is 842 g/mol. The number of phenolic OH excluding ortho intramolecular Hbond substituents is 1. The first-order valence-electron chi connectivity index (χ1n) is 21.2. The molecule has 2 aromatic carbocycles. The van der Waals surface area contributed by atoms with E-state index in [1.54, 1.807) is 31.5 Å². The fraction of sp³-hybridized carbons (Fsp3) is 0.522. The lowest BCUT2D eigenvalue weighted by Crippen LogP contribution is -2.58. The minimum absolute atomic E-state index is 0.0236. The molecule has 2 amide bonds. The average molecular weight is 843 g/mol. The van der Waals surface area contributed by atoms with Crippen molar-refractivity contribution in [3.8, 4) is 17.6 Å². The van der Waals surface area contributed by atoms with Gasteiger partial charge in [-0.25, -0.2) is 4.98 Å². The first-order chi connectivity index (χ1) is 29.2. The van der Waals surface area contributed by atoms with Crippen molar-refractivity contribution >= 4 is 41.2 Å². The van der Waals surface area contributed by atoms with Gasteiger partial charge in [0, 0.05) is 70.3 Å². The van der Waals surface area contributed by atoms with Crippen LogP contribution >= 0.6 is 11.3 Å². The zero-order valence-corrected chi connectivity index (χ0v) is 36.2. The largest absolute Gasteiger partial charge is 0.506 e. The molecule has 3 aromatic rings. The van der Waals surface area contributed by atoms with Gasteiger partial charge in [-0.15, -0.1) is 11.3 Å². The molecule has 1 unspecified atom stereocenters. The SMILES string of the molecule is CC#Cc1nc(C(=O)N2CCOC3(CCN(CCc4cccc(CCOCCC(=O)N(CCCC)CCNCC(O)c5ccc(O)c(NC)c5/C=C\C=O)c4)CC3)C2)cs1. The van der Waals surface area contributed by atoms with Gasteiger partial charge in [0.15, 0.2) is 5.01 Å². The number of benzene rings is 2. The second-order valence-corrected chi connectivity index (χ2v) is 16.2. The number of aliphatic hydroxyl groups excluding tert-OH is 1. The Morgan fingerprint density at radius 3 is 2.68 bits per heavy atom. The van der Waals surface area contributed by atoms with Crippen molar-refractivity contribution in [1.82, 2.24) is 25.0 Å². The van der Waals surface area contributed by atoms with Crippen molar-refractivity contribution in [2.75, 3.05) is 91.1 Å². The molecule has 13 nitrogen and oxygen atoms in total. The number of carbonyl (C=O) groups excluding carboxylic acids is 3. The van der Waals surface area contributed by atoms with Crippen LogP contribution in [0.5, 0.6) is 5.75 Å². The van der Waals surface area contributed by atoms with Crippen molar-refractivity contribution in [3.63, 3.8) is 0 Å². The molecule has 0 bridgehead atoms. The quantitative estimate of drug-likeness (QED) is 0.0358. The molecule has 0 radical (unpaired) electrons. The summed E-state index contributed by atoms with van der Waals surface area (Å²) in [5, 5.41) is 29.9. The van der Waals surface area contributed by atoms with Crippen LogP contribution in [0.4, 0.5) is 5.69 Å². The number of nitrogens with zero attached hydrogens (tertiary/aromatic N) is 4. The molecular weight excluding hydrogens is 781 g/mol. The van der Waals surface area contributed by atoms with E-state index in [9.17, 15) is 24.6 Å². The van der Waals surface area contributed by atoms with Crippen molar-refractivity contribution in [1.29, 1.82) is 0 Å². The van der Waals surface area contributed by atoms with Crippen molar-refractivity contribution in [2.24, 2.45) is 0 Å². The highest BCUT2D eigenvalue weighted by molar-refractivity contribution is 7.10. The first kappa shape index (κ1) is 46.4. The van der Waals surface area contributed by atoms with Gasteiger partial charge in [0.1, 0.15) is 17.7 Å². The van der Waals surface area contributed by atoms with E-state index in [0.717, 1.165) is 58.2 Å². The van der Waals surface area contributed by atoms with Crippen LogP contribution in [0.3, 0.4) is 0 Å². The lowest BCUT2D eigenvalue weighted by atomic mass is 9.89. The maximum absolute atomic E-state index is 13.2. The molecule has 5 rings (SSSR count). The summed E-state index contributed by atoms with van der Waals surface area (Å²) >= 11 is 1.40. The average Bonchev–Trinajstić information content (AvgIpc) is 3.73. The van der Waals surface area contributed by atoms with Gasteiger partial charge in [-0.1, -0.05) is 49.6 Å². The molecule has 1 aromatic heterocycles. The lowest BCUT2D eigenvalue weighted by molar-refractivity contribution is -0.132. The molecule has 4 N–H and O–H groups in total. The number of hydrogen-bond donors (Lipinski definition) is 4. The van der Waals surface area contributed by atoms with Gasteiger partial charge in [-0.3, -0.25) is 14.4 Å². The van der Waals surface area contributed by atoms with Crippen LogP contribution in [-0.2, 0) is 31.9 Å². The number of aldehydes is 1. The number of likely N-dealkylation sites (tertiary alicyclic amines) is 1. The fourth-order valence-corrected chi connectivity index (χ4v) is 8.49. The molecule has 3 heterocycles. The Labute approximate surface area is 359 Å². The number of anilines is 1. The molecule has 0 saturated carbocycles. The van der Waals surface area contributed by atoms with Gasteiger partial charge in [0.25, 0.3) is 5.91 Å². The number of allylic oxidation sites excluding steroid dienone is 1. The number of carbonyl (C=O) groups is 3. The molecular formula is C46H62N6O7S. The Morgan fingerprint density at radius 1 is 1.13 bits per heavy atom. The fourth-order valence-electron chi connectivity index (χ4n) is 7.81. The molecule has 324 valence electrons. The first-order valence-corrected chi connectivity index (χ1v) is 22.1. The number of hydrogen-bond acceptors (Lipinski definition) is 12. The van der Waals surface area contributed by atoms with E-state index in [-0.39, 0.29) is 29.7 Å². The molecule has 0 aliphatic carbocycles. The summed E-state index contributed by atoms with van der Waals surface area (Å²) < 4.78 is 12.3. The van der Waals surface area contributed by atoms with Crippen LogP contribution in [-0.4, -0.2) is 139 Å². The molecule has 1 atom stereocenters. The smallest absolute Gasteiger partial charge is 0.273 e. The van der Waals surface area contributed by atoms with E-state index in [0.29, 0.717) is 92.8 Å². The number of ether oxygens (including phenoxy) is 2. The number of unbranched alkanes of at least 4 members (excludes halogenated alkanes) is 1. The molecule has 1 spiro atoms. The van der Waals surface area contributed by atoms with Gasteiger partial charge in [0.05, 0.1) is 50.2 Å². The number of aromatic hydroxyl groups is 1. The number of phenols is 1. The Morgan fingerprint density at radius 2 is 1.93 bits per heavy atom. The number of morpholine rings is 1. The zero-order chi connectivity index (χ0) is 42.7. The van der Waals surface area contributed by atoms with E-state index >= 15 is 0 Å². The number of aromatic nitrogens is 1. The summed E-state index contributed by atoms with van der Waals surface area (Å²) in [4.78, 5) is 48.1. The molecule has 2 fully saturated rings. The highest BCUT2D eigenvalue weighted by atomic mass is 32.1. The third-order valence-electron chi connectivity index (χ3n) is 11.2. The van der Waals surface area contributed by atoms with E-state index in [2.05, 4.69) is 63.5 Å². The summed E-state index contributed by atoms with van der Waals surface area (Å²) in [5.74, 6) is 5.81. The van der Waals surface area contributed by atoms with E-state index in [1.165, 1.54) is 34.6 Å². The number of aliphatic hydroxyl groups is 1. The number of piperidine rings is 1. The molecule has 2 aliphatic rings. The Balaban J connectivity index is 0.988. The predicted molar refractivity (Wildman–Crippen MR) is 236 cm³/mol. The highest BCUT2D eigenvalue weighted by Gasteiger charge is 2.41. The van der Waals surface area contributed by atoms with Gasteiger partial charge in [0.2, 0.25) is 5.91 Å². The maximum atomic E-state index is 13.2. The number of nitrogens with one attached hydrogen (secondary N) is 2. The zero-order valence-electron chi connectivity index (χ0n) is 35.4. The molecule has 14 heteroatoms. The van der Waals surface area contributed by atoms with Crippen molar-refractivity contribution in [2.45, 2.75) is 70.5 Å². The second kappa shape index (κ2) is 24.0. The minimum atomic E-state index is -0.893. The number of rotatable bonds is 22. The normalized spacial score (nSPS) is 15.8. The molecule has 60 heavy (non-hydrogen) atoms. The second-order valence-electron chi connectivity index (χ2n) is 15.4. The van der Waals surface area contributed by atoms with Crippen molar-refractivity contribution in [3.05, 3.63) is 80.8 Å². The third kappa shape index (κ3) is 13.4. The standard InChI is InChI=1S/C46H62N6O7S/c1-4-6-21-51(25-20-48-32-41(55)37-13-14-40(54)44(47-3)38(37)12-8-27-53)43(56)17-29-58-28-16-36-11-7-10-35(31-36)15-22-50-23-18-46(19-24-50)34-52(26-30-59-46)45(57)39-33-60-42(49-39)9-5-2/h7-8,10-14,27,31,33,41,47-48,54-55H,4,6,15-26,28-30,32,34H2,1-3H3/b12-8-. The Hall–Kier alpha value is -4.62. The number of amides is 2. The number of thiazole rings is 1. The third-order valence-corrected chi connectivity index (χ3v) is 12.0. The van der Waals surface area contributed by atoms with Crippen LogP contribution < -0.4 is 10.6 Å². The van der Waals surface area contributed by atoms with E-state index in [1.807, 2.05) is 9.80 Å². The van der Waals surface area contributed by atoms with Gasteiger partial charge < -0.3 is 45.0 Å². The summed E-state index contributed by atoms with van der Waals surface area (Å²) in [6.07, 6.45) is 8.31. The minimum Gasteiger partial charge on any atom is -0.506 e. The van der Waals surface area contributed by atoms with Crippen LogP contribution in [0.1, 0.15) is 89.8 Å². The van der Waals surface area contributed by atoms with Gasteiger partial charge >= 0.3 is 0 Å². The van der Waals surface area contributed by atoms with Crippen LogP contribution in [0.15, 0.2) is 47.9 Å². The maximum Gasteiger partial charge on any atom is 0.273 e. The molecule has 2 saturated heterocycles. The summed E-state index contributed by atoms with van der Waals surface area (Å²) in [5.41, 5.74) is 4.21. The van der Waals surface area contributed by atoms with Crippen LogP contribution in [0.2, 0.25) is 0 Å². The lowest BCUT2D eigenvalue weighted by Gasteiger charge is -2.47. The van der Waals surface area contributed by atoms with Crippen LogP contribution in [0.25, 0.3) is 6.08 Å². The summed E-state index contributed by atoms with van der Waals surface area (Å²) in [6, 6.07) is 11.8. The Kier molecular flexibility index (Phi) is 18.6. The van der Waals surface area contributed by atoms with E-state index in [4.69, 9.17) is 9.47 Å². The summed E-state index contributed by atoms with van der Waals surface area (Å²) in [7, 11) is 1.67. The molecule has 2 aliphatic heterocycles. The Bertz CT molecular complexity index is 1950.